The molecule has 1 spiro atoms. The van der Waals surface area contributed by atoms with Crippen LogP contribution in [0.3, 0.4) is 0 Å². The summed E-state index contributed by atoms with van der Waals surface area (Å²) in [5, 5.41) is 0. The summed E-state index contributed by atoms with van der Waals surface area (Å²) in [6, 6.07) is 0. The zero-order valence-corrected chi connectivity index (χ0v) is 8.83. The van der Waals surface area contributed by atoms with E-state index in [4.69, 9.17) is 0 Å². The topological polar surface area (TPSA) is 23.6 Å². The fraction of sp³-hybridized carbons (Fsp3) is 0.727. The van der Waals surface area contributed by atoms with Crippen LogP contribution in [0.2, 0.25) is 0 Å². The Kier molecular flexibility index (Phi) is 2.35. The average Bonchev–Trinajstić information content (AvgIpc) is 2.92. The quantitative estimate of drug-likeness (QED) is 0.609. The van der Waals surface area contributed by atoms with Crippen molar-refractivity contribution < 1.29 is 4.79 Å². The maximum Gasteiger partial charge on any atom is 0.226 e. The smallest absolute Gasteiger partial charge is 0.226 e. The van der Waals surface area contributed by atoms with Crippen LogP contribution in [-0.2, 0) is 4.79 Å². The molecule has 0 N–H and O–H groups in total. The van der Waals surface area contributed by atoms with Crippen LogP contribution >= 0.6 is 0 Å². The predicted molar refractivity (Wildman–Crippen MR) is 56.0 cm³/mol. The Morgan fingerprint density at radius 1 is 1.50 bits per heavy atom. The molecule has 3 nitrogen and oxygen atoms in total. The molecular weight excluding hydrogens is 176 g/mol. The van der Waals surface area contributed by atoms with E-state index in [1.54, 1.807) is 6.08 Å². The molecule has 0 aromatic rings. The van der Waals surface area contributed by atoms with Crippen molar-refractivity contribution in [2.75, 3.05) is 26.7 Å². The van der Waals surface area contributed by atoms with Crippen molar-refractivity contribution >= 4 is 5.91 Å². The molecular formula is C11H18N2O. The molecule has 1 heterocycles. The van der Waals surface area contributed by atoms with Gasteiger partial charge in [-0.25, -0.2) is 0 Å². The summed E-state index contributed by atoms with van der Waals surface area (Å²) in [7, 11) is 2.17. The molecule has 0 atom stereocenters. The second-order valence-corrected chi connectivity index (χ2v) is 4.45. The van der Waals surface area contributed by atoms with Crippen LogP contribution in [0.5, 0.6) is 0 Å². The first kappa shape index (κ1) is 9.71. The number of carbonyl (C=O) groups is 1. The Morgan fingerprint density at radius 2 is 2.21 bits per heavy atom. The summed E-state index contributed by atoms with van der Waals surface area (Å²) in [6.07, 6.45) is 4.68. The normalized spacial score (nSPS) is 25.1. The Bertz CT molecular complexity index is 258. The van der Waals surface area contributed by atoms with Gasteiger partial charge in [0.15, 0.2) is 0 Å². The Balaban J connectivity index is 1.96. The zero-order chi connectivity index (χ0) is 10.2. The highest BCUT2D eigenvalue weighted by atomic mass is 16.2. The molecule has 1 saturated heterocycles. The second-order valence-electron chi connectivity index (χ2n) is 4.45. The molecule has 1 aliphatic heterocycles. The van der Waals surface area contributed by atoms with E-state index in [-0.39, 0.29) is 5.91 Å². The van der Waals surface area contributed by atoms with Crippen molar-refractivity contribution in [2.24, 2.45) is 0 Å². The fourth-order valence-corrected chi connectivity index (χ4v) is 2.21. The standard InChI is InChI=1S/C11H18N2O/c1-3-4-10(14)13-8-7-12(2)11(9-13)5-6-11/h3H,1,4-9H2,2H3. The summed E-state index contributed by atoms with van der Waals surface area (Å²) in [6.45, 7) is 6.43. The largest absolute Gasteiger partial charge is 0.339 e. The van der Waals surface area contributed by atoms with Crippen molar-refractivity contribution in [3.05, 3.63) is 12.7 Å². The maximum atomic E-state index is 11.7. The van der Waals surface area contributed by atoms with E-state index in [0.717, 1.165) is 19.6 Å². The first-order chi connectivity index (χ1) is 6.68. The summed E-state index contributed by atoms with van der Waals surface area (Å²) in [5.41, 5.74) is 0.342. The predicted octanol–water partition coefficient (Wildman–Crippen LogP) is 0.869. The second kappa shape index (κ2) is 3.39. The summed E-state index contributed by atoms with van der Waals surface area (Å²) >= 11 is 0. The minimum Gasteiger partial charge on any atom is -0.339 e. The van der Waals surface area contributed by atoms with Crippen LogP contribution in [0, 0.1) is 0 Å². The van der Waals surface area contributed by atoms with Gasteiger partial charge >= 0.3 is 0 Å². The van der Waals surface area contributed by atoms with Gasteiger partial charge in [-0.1, -0.05) is 6.08 Å². The lowest BCUT2D eigenvalue weighted by atomic mass is 10.1. The maximum absolute atomic E-state index is 11.7. The molecule has 2 fully saturated rings. The van der Waals surface area contributed by atoms with Gasteiger partial charge < -0.3 is 4.90 Å². The molecule has 0 aromatic carbocycles. The number of piperazine rings is 1. The molecule has 1 amide bonds. The third-order valence-electron chi connectivity index (χ3n) is 3.50. The van der Waals surface area contributed by atoms with Crippen molar-refractivity contribution in [3.63, 3.8) is 0 Å². The molecule has 2 rings (SSSR count). The van der Waals surface area contributed by atoms with Crippen LogP contribution in [0.25, 0.3) is 0 Å². The monoisotopic (exact) mass is 194 g/mol. The number of likely N-dealkylation sites (N-methyl/N-ethyl adjacent to an activating group) is 1. The minimum absolute atomic E-state index is 0.236. The summed E-state index contributed by atoms with van der Waals surface area (Å²) in [4.78, 5) is 16.1. The van der Waals surface area contributed by atoms with Gasteiger partial charge in [0.05, 0.1) is 0 Å². The van der Waals surface area contributed by atoms with E-state index in [0.29, 0.717) is 12.0 Å². The average molecular weight is 194 g/mol. The summed E-state index contributed by atoms with van der Waals surface area (Å²) < 4.78 is 0. The van der Waals surface area contributed by atoms with Crippen molar-refractivity contribution in [3.8, 4) is 0 Å². The molecule has 0 aromatic heterocycles. The van der Waals surface area contributed by atoms with E-state index in [9.17, 15) is 4.79 Å². The Hall–Kier alpha value is -0.830. The third kappa shape index (κ3) is 1.57. The molecule has 14 heavy (non-hydrogen) atoms. The molecule has 78 valence electrons. The fourth-order valence-electron chi connectivity index (χ4n) is 2.21. The highest BCUT2D eigenvalue weighted by molar-refractivity contribution is 5.77. The van der Waals surface area contributed by atoms with E-state index in [2.05, 4.69) is 18.5 Å². The zero-order valence-electron chi connectivity index (χ0n) is 8.83. The van der Waals surface area contributed by atoms with Crippen molar-refractivity contribution in [1.29, 1.82) is 0 Å². The molecule has 3 heteroatoms. The first-order valence-electron chi connectivity index (χ1n) is 5.28. The van der Waals surface area contributed by atoms with Crippen LogP contribution in [-0.4, -0.2) is 47.9 Å². The summed E-state index contributed by atoms with van der Waals surface area (Å²) in [5.74, 6) is 0.236. The Labute approximate surface area is 85.4 Å². The van der Waals surface area contributed by atoms with E-state index in [1.165, 1.54) is 12.8 Å². The van der Waals surface area contributed by atoms with Gasteiger partial charge in [0, 0.05) is 31.6 Å². The number of hydrogen-bond donors (Lipinski definition) is 0. The number of hydrogen-bond acceptors (Lipinski definition) is 2. The highest BCUT2D eigenvalue weighted by Crippen LogP contribution is 2.43. The Morgan fingerprint density at radius 3 is 2.79 bits per heavy atom. The van der Waals surface area contributed by atoms with Gasteiger partial charge in [-0.3, -0.25) is 9.69 Å². The van der Waals surface area contributed by atoms with Gasteiger partial charge in [0.1, 0.15) is 0 Å². The van der Waals surface area contributed by atoms with Gasteiger partial charge in [0.25, 0.3) is 0 Å². The van der Waals surface area contributed by atoms with Gasteiger partial charge in [0.2, 0.25) is 5.91 Å². The van der Waals surface area contributed by atoms with Crippen LogP contribution in [0.15, 0.2) is 12.7 Å². The number of nitrogens with zero attached hydrogens (tertiary/aromatic N) is 2. The van der Waals surface area contributed by atoms with E-state index >= 15 is 0 Å². The number of carbonyl (C=O) groups excluding carboxylic acids is 1. The molecule has 1 saturated carbocycles. The van der Waals surface area contributed by atoms with Gasteiger partial charge in [-0.2, -0.15) is 0 Å². The number of rotatable bonds is 2. The van der Waals surface area contributed by atoms with Gasteiger partial charge in [-0.05, 0) is 19.9 Å². The lowest BCUT2D eigenvalue weighted by Crippen LogP contribution is -2.54. The molecule has 0 unspecified atom stereocenters. The van der Waals surface area contributed by atoms with Crippen molar-refractivity contribution in [2.45, 2.75) is 24.8 Å². The minimum atomic E-state index is 0.236. The lowest BCUT2D eigenvalue weighted by molar-refractivity contribution is -0.133. The van der Waals surface area contributed by atoms with Crippen LogP contribution < -0.4 is 0 Å². The lowest BCUT2D eigenvalue weighted by Gasteiger charge is -2.40. The highest BCUT2D eigenvalue weighted by Gasteiger charge is 2.50. The first-order valence-corrected chi connectivity index (χ1v) is 5.28. The van der Waals surface area contributed by atoms with E-state index < -0.39 is 0 Å². The number of amides is 1. The SMILES string of the molecule is C=CCC(=O)N1CCN(C)C2(CC2)C1. The van der Waals surface area contributed by atoms with Gasteiger partial charge in [-0.15, -0.1) is 6.58 Å². The molecule has 2 aliphatic rings. The van der Waals surface area contributed by atoms with E-state index in [1.807, 2.05) is 4.90 Å². The molecule has 0 radical (unpaired) electrons. The third-order valence-corrected chi connectivity index (χ3v) is 3.50. The van der Waals surface area contributed by atoms with Crippen LogP contribution in [0.4, 0.5) is 0 Å². The van der Waals surface area contributed by atoms with Crippen molar-refractivity contribution in [1.82, 2.24) is 9.80 Å². The molecule has 1 aliphatic carbocycles. The molecule has 0 bridgehead atoms. The van der Waals surface area contributed by atoms with Crippen LogP contribution in [0.1, 0.15) is 19.3 Å².